The second-order valence-electron chi connectivity index (χ2n) is 7.93. The van der Waals surface area contributed by atoms with Gasteiger partial charge in [-0.3, -0.25) is 14.5 Å². The van der Waals surface area contributed by atoms with Crippen molar-refractivity contribution in [1.82, 2.24) is 15.5 Å². The average molecular weight is 448 g/mol. The van der Waals surface area contributed by atoms with E-state index in [-0.39, 0.29) is 11.3 Å². The van der Waals surface area contributed by atoms with E-state index in [2.05, 4.69) is 42.5 Å². The summed E-state index contributed by atoms with van der Waals surface area (Å²) in [4.78, 5) is 27.3. The van der Waals surface area contributed by atoms with Crippen LogP contribution < -0.4 is 10.6 Å². The SMILES string of the molecule is C=CCN(CCCNC(=O)C(=C)/C(=C\CCC)NC(=O)c1c(F)cc(C)cc1F)C(C)C. The molecule has 1 rings (SSSR count). The van der Waals surface area contributed by atoms with Crippen molar-refractivity contribution in [3.63, 3.8) is 0 Å². The molecule has 0 saturated carbocycles. The van der Waals surface area contributed by atoms with Gasteiger partial charge in [0.2, 0.25) is 0 Å². The van der Waals surface area contributed by atoms with Gasteiger partial charge in [0.05, 0.1) is 5.57 Å². The van der Waals surface area contributed by atoms with Gasteiger partial charge in [0, 0.05) is 31.4 Å². The quantitative estimate of drug-likeness (QED) is 0.200. The molecule has 0 atom stereocenters. The number of hydrogen-bond acceptors (Lipinski definition) is 3. The monoisotopic (exact) mass is 447 g/mol. The summed E-state index contributed by atoms with van der Waals surface area (Å²) in [7, 11) is 0. The van der Waals surface area contributed by atoms with E-state index >= 15 is 0 Å². The molecule has 0 unspecified atom stereocenters. The van der Waals surface area contributed by atoms with Gasteiger partial charge >= 0.3 is 0 Å². The second kappa shape index (κ2) is 13.6. The summed E-state index contributed by atoms with van der Waals surface area (Å²) in [6.07, 6.45) is 5.52. The predicted molar refractivity (Wildman–Crippen MR) is 125 cm³/mol. The summed E-state index contributed by atoms with van der Waals surface area (Å²) in [5.74, 6) is -3.33. The minimum absolute atomic E-state index is 0.0338. The first-order valence-electron chi connectivity index (χ1n) is 10.9. The Hall–Kier alpha value is -2.80. The molecule has 32 heavy (non-hydrogen) atoms. The van der Waals surface area contributed by atoms with Crippen LogP contribution >= 0.6 is 0 Å². The normalized spacial score (nSPS) is 11.6. The molecule has 0 saturated heterocycles. The van der Waals surface area contributed by atoms with Crippen LogP contribution in [-0.4, -0.2) is 42.4 Å². The molecule has 0 fully saturated rings. The molecule has 2 N–H and O–H groups in total. The van der Waals surface area contributed by atoms with Crippen LogP contribution in [0.2, 0.25) is 0 Å². The fraction of sp³-hybridized carbons (Fsp3) is 0.440. The second-order valence-corrected chi connectivity index (χ2v) is 7.93. The third-order valence-electron chi connectivity index (χ3n) is 4.90. The Morgan fingerprint density at radius 3 is 2.38 bits per heavy atom. The summed E-state index contributed by atoms with van der Waals surface area (Å²) in [5, 5.41) is 5.24. The first-order valence-corrected chi connectivity index (χ1v) is 10.9. The molecule has 0 bridgehead atoms. The van der Waals surface area contributed by atoms with Gasteiger partial charge < -0.3 is 10.6 Å². The zero-order valence-corrected chi connectivity index (χ0v) is 19.6. The smallest absolute Gasteiger partial charge is 0.261 e. The van der Waals surface area contributed by atoms with Crippen LogP contribution in [0.25, 0.3) is 0 Å². The van der Waals surface area contributed by atoms with Gasteiger partial charge in [0.1, 0.15) is 17.2 Å². The number of carbonyl (C=O) groups is 2. The minimum atomic E-state index is -0.965. The van der Waals surface area contributed by atoms with Gasteiger partial charge in [0.15, 0.2) is 0 Å². The maximum Gasteiger partial charge on any atom is 0.261 e. The Labute approximate surface area is 190 Å². The fourth-order valence-electron chi connectivity index (χ4n) is 3.08. The van der Waals surface area contributed by atoms with E-state index in [0.717, 1.165) is 38.1 Å². The average Bonchev–Trinajstić information content (AvgIpc) is 2.71. The summed E-state index contributed by atoms with van der Waals surface area (Å²) in [5.41, 5.74) is -0.149. The van der Waals surface area contributed by atoms with Crippen LogP contribution in [0.3, 0.4) is 0 Å². The number of allylic oxidation sites excluding steroid dienone is 1. The number of carbonyl (C=O) groups excluding carboxylic acids is 2. The van der Waals surface area contributed by atoms with Gasteiger partial charge in [-0.25, -0.2) is 8.78 Å². The van der Waals surface area contributed by atoms with Crippen molar-refractivity contribution in [2.75, 3.05) is 19.6 Å². The van der Waals surface area contributed by atoms with Crippen LogP contribution in [-0.2, 0) is 4.79 Å². The van der Waals surface area contributed by atoms with E-state index in [1.807, 2.05) is 13.0 Å². The highest BCUT2D eigenvalue weighted by Crippen LogP contribution is 2.17. The number of benzene rings is 1. The molecule has 0 aromatic heterocycles. The van der Waals surface area contributed by atoms with Crippen LogP contribution in [0, 0.1) is 18.6 Å². The van der Waals surface area contributed by atoms with Gasteiger partial charge in [-0.1, -0.05) is 32.1 Å². The number of unbranched alkanes of at least 4 members (excludes halogenated alkanes) is 1. The lowest BCUT2D eigenvalue weighted by Crippen LogP contribution is -2.35. The van der Waals surface area contributed by atoms with Crippen molar-refractivity contribution < 1.29 is 18.4 Å². The van der Waals surface area contributed by atoms with Crippen molar-refractivity contribution in [1.29, 1.82) is 0 Å². The Bertz CT molecular complexity index is 840. The van der Waals surface area contributed by atoms with Crippen molar-refractivity contribution in [3.05, 3.63) is 71.5 Å². The number of aryl methyl sites for hydroxylation is 1. The van der Waals surface area contributed by atoms with Gasteiger partial charge in [0.25, 0.3) is 11.8 Å². The Morgan fingerprint density at radius 2 is 1.84 bits per heavy atom. The van der Waals surface area contributed by atoms with E-state index in [9.17, 15) is 18.4 Å². The van der Waals surface area contributed by atoms with Crippen LogP contribution in [0.5, 0.6) is 0 Å². The molecule has 7 heteroatoms. The zero-order chi connectivity index (χ0) is 24.3. The molecule has 0 aliphatic carbocycles. The van der Waals surface area contributed by atoms with Crippen molar-refractivity contribution >= 4 is 11.8 Å². The molecule has 1 aromatic rings. The topological polar surface area (TPSA) is 61.4 Å². The molecule has 0 radical (unpaired) electrons. The van der Waals surface area contributed by atoms with Gasteiger partial charge in [-0.2, -0.15) is 0 Å². The Kier molecular flexibility index (Phi) is 11.6. The summed E-state index contributed by atoms with van der Waals surface area (Å²) in [6.45, 7) is 17.2. The summed E-state index contributed by atoms with van der Waals surface area (Å²) in [6, 6.07) is 2.53. The molecule has 0 spiro atoms. The van der Waals surface area contributed by atoms with E-state index in [0.29, 0.717) is 24.6 Å². The maximum absolute atomic E-state index is 14.2. The number of hydrogen-bond donors (Lipinski definition) is 2. The highest BCUT2D eigenvalue weighted by Gasteiger charge is 2.21. The lowest BCUT2D eigenvalue weighted by Gasteiger charge is -2.24. The zero-order valence-electron chi connectivity index (χ0n) is 19.6. The predicted octanol–water partition coefficient (Wildman–Crippen LogP) is 4.65. The number of rotatable bonds is 13. The molecular weight excluding hydrogens is 412 g/mol. The largest absolute Gasteiger partial charge is 0.352 e. The third-order valence-corrected chi connectivity index (χ3v) is 4.90. The summed E-state index contributed by atoms with van der Waals surface area (Å²) < 4.78 is 28.3. The molecule has 1 aromatic carbocycles. The molecule has 0 aliphatic heterocycles. The minimum Gasteiger partial charge on any atom is -0.352 e. The molecule has 5 nitrogen and oxygen atoms in total. The van der Waals surface area contributed by atoms with E-state index < -0.39 is 29.0 Å². The van der Waals surface area contributed by atoms with Gasteiger partial charge in [-0.15, -0.1) is 6.58 Å². The number of halogens is 2. The van der Waals surface area contributed by atoms with E-state index in [4.69, 9.17) is 0 Å². The first-order chi connectivity index (χ1) is 15.1. The molecular formula is C25H35F2N3O2. The number of nitrogens with zero attached hydrogens (tertiary/aromatic N) is 1. The molecule has 176 valence electrons. The van der Waals surface area contributed by atoms with Crippen molar-refractivity contribution in [3.8, 4) is 0 Å². The van der Waals surface area contributed by atoms with Crippen LogP contribution in [0.15, 0.2) is 48.7 Å². The van der Waals surface area contributed by atoms with E-state index in [1.54, 1.807) is 6.08 Å². The summed E-state index contributed by atoms with van der Waals surface area (Å²) >= 11 is 0. The number of nitrogens with one attached hydrogen (secondary N) is 2. The third kappa shape index (κ3) is 8.38. The van der Waals surface area contributed by atoms with Crippen molar-refractivity contribution in [2.45, 2.75) is 53.0 Å². The molecule has 0 aliphatic rings. The van der Waals surface area contributed by atoms with Crippen LogP contribution in [0.4, 0.5) is 8.78 Å². The highest BCUT2D eigenvalue weighted by molar-refractivity contribution is 6.01. The van der Waals surface area contributed by atoms with Crippen LogP contribution in [0.1, 0.15) is 56.0 Å². The maximum atomic E-state index is 14.2. The van der Waals surface area contributed by atoms with Gasteiger partial charge in [-0.05, 0) is 51.3 Å². The molecule has 0 heterocycles. The fourth-order valence-corrected chi connectivity index (χ4v) is 3.08. The molecule has 2 amide bonds. The lowest BCUT2D eigenvalue weighted by atomic mass is 10.1. The Balaban J connectivity index is 2.81. The first kappa shape index (κ1) is 27.2. The highest BCUT2D eigenvalue weighted by atomic mass is 19.1. The van der Waals surface area contributed by atoms with E-state index in [1.165, 1.54) is 6.92 Å². The number of amides is 2. The van der Waals surface area contributed by atoms with Crippen molar-refractivity contribution in [2.24, 2.45) is 0 Å². The Morgan fingerprint density at radius 1 is 1.22 bits per heavy atom. The standard InChI is InChI=1S/C25H35F2N3O2/c1-7-9-11-22(29-25(32)23-20(26)15-18(5)16-21(23)27)19(6)24(31)28-12-10-14-30(13-8-2)17(3)4/h8,11,15-17H,2,6-7,9-10,12-14H2,1,3-5H3,(H,28,31)(H,29,32)/b22-11+. The lowest BCUT2D eigenvalue weighted by molar-refractivity contribution is -0.117.